The maximum absolute atomic E-state index is 9.91. The summed E-state index contributed by atoms with van der Waals surface area (Å²) in [4.78, 5) is 0. The van der Waals surface area contributed by atoms with E-state index < -0.39 is 5.60 Å². The van der Waals surface area contributed by atoms with Crippen LogP contribution in [0.25, 0.3) is 0 Å². The Labute approximate surface area is 95.7 Å². The molecule has 0 aliphatic rings. The van der Waals surface area contributed by atoms with E-state index in [1.807, 2.05) is 24.3 Å². The third kappa shape index (κ3) is 3.93. The van der Waals surface area contributed by atoms with Gasteiger partial charge in [-0.15, -0.1) is 0 Å². The summed E-state index contributed by atoms with van der Waals surface area (Å²) in [5, 5.41) is 18.5. The number of benzene rings is 1. The lowest BCUT2D eigenvalue weighted by molar-refractivity contribution is 0.122. The van der Waals surface area contributed by atoms with E-state index in [1.165, 1.54) is 0 Å². The SMILES string of the molecule is COc1ccc(CC(C)(O)C#CCO)cc1. The highest BCUT2D eigenvalue weighted by Gasteiger charge is 2.17. The fraction of sp³-hybridized carbons (Fsp3) is 0.385. The zero-order chi connectivity index (χ0) is 12.0. The maximum atomic E-state index is 9.91. The Balaban J connectivity index is 2.72. The molecule has 0 saturated heterocycles. The van der Waals surface area contributed by atoms with E-state index in [-0.39, 0.29) is 6.61 Å². The Bertz CT molecular complexity index is 382. The molecule has 1 aromatic rings. The summed E-state index contributed by atoms with van der Waals surface area (Å²) in [7, 11) is 1.61. The van der Waals surface area contributed by atoms with E-state index >= 15 is 0 Å². The Morgan fingerprint density at radius 2 is 1.94 bits per heavy atom. The van der Waals surface area contributed by atoms with Gasteiger partial charge in [-0.3, -0.25) is 0 Å². The van der Waals surface area contributed by atoms with Gasteiger partial charge in [0, 0.05) is 6.42 Å². The molecule has 0 aromatic heterocycles. The molecule has 0 amide bonds. The van der Waals surface area contributed by atoms with Crippen LogP contribution in [-0.4, -0.2) is 29.5 Å². The number of methoxy groups -OCH3 is 1. The minimum absolute atomic E-state index is 0.237. The second-order valence-electron chi connectivity index (χ2n) is 3.76. The molecule has 1 atom stereocenters. The molecular weight excluding hydrogens is 204 g/mol. The molecule has 1 aromatic carbocycles. The maximum Gasteiger partial charge on any atom is 0.126 e. The Morgan fingerprint density at radius 1 is 1.31 bits per heavy atom. The van der Waals surface area contributed by atoms with Crippen LogP contribution in [0.15, 0.2) is 24.3 Å². The van der Waals surface area contributed by atoms with Crippen LogP contribution < -0.4 is 4.74 Å². The predicted molar refractivity (Wildman–Crippen MR) is 62.2 cm³/mol. The van der Waals surface area contributed by atoms with Crippen LogP contribution in [0.2, 0.25) is 0 Å². The first kappa shape index (κ1) is 12.6. The highest BCUT2D eigenvalue weighted by molar-refractivity contribution is 5.29. The third-order valence-electron chi connectivity index (χ3n) is 2.14. The van der Waals surface area contributed by atoms with E-state index in [0.717, 1.165) is 11.3 Å². The van der Waals surface area contributed by atoms with Gasteiger partial charge in [-0.2, -0.15) is 0 Å². The summed E-state index contributed by atoms with van der Waals surface area (Å²) in [6, 6.07) is 7.44. The summed E-state index contributed by atoms with van der Waals surface area (Å²) in [6.07, 6.45) is 0.421. The van der Waals surface area contributed by atoms with Crippen LogP contribution in [0.5, 0.6) is 5.75 Å². The first-order valence-electron chi connectivity index (χ1n) is 5.03. The minimum Gasteiger partial charge on any atom is -0.497 e. The van der Waals surface area contributed by atoms with Crippen molar-refractivity contribution in [2.45, 2.75) is 18.9 Å². The van der Waals surface area contributed by atoms with Crippen molar-refractivity contribution >= 4 is 0 Å². The lowest BCUT2D eigenvalue weighted by Gasteiger charge is -2.16. The number of aliphatic hydroxyl groups is 2. The summed E-state index contributed by atoms with van der Waals surface area (Å²) in [6.45, 7) is 1.39. The average Bonchev–Trinajstić information content (AvgIpc) is 2.27. The zero-order valence-electron chi connectivity index (χ0n) is 9.53. The van der Waals surface area contributed by atoms with Gasteiger partial charge in [-0.1, -0.05) is 24.0 Å². The normalized spacial score (nSPS) is 13.5. The van der Waals surface area contributed by atoms with Gasteiger partial charge in [0.2, 0.25) is 0 Å². The Morgan fingerprint density at radius 3 is 2.44 bits per heavy atom. The second-order valence-corrected chi connectivity index (χ2v) is 3.76. The molecule has 0 spiro atoms. The van der Waals surface area contributed by atoms with Gasteiger partial charge in [0.1, 0.15) is 18.0 Å². The van der Waals surface area contributed by atoms with Crippen molar-refractivity contribution in [2.75, 3.05) is 13.7 Å². The molecule has 3 nitrogen and oxygen atoms in total. The van der Waals surface area contributed by atoms with Gasteiger partial charge >= 0.3 is 0 Å². The van der Waals surface area contributed by atoms with Gasteiger partial charge in [0.05, 0.1) is 7.11 Å². The fourth-order valence-electron chi connectivity index (χ4n) is 1.42. The standard InChI is InChI=1S/C13H16O3/c1-13(15,8-3-9-14)10-11-4-6-12(16-2)7-5-11/h4-7,14-15H,9-10H2,1-2H3. The van der Waals surface area contributed by atoms with Crippen molar-refractivity contribution in [3.63, 3.8) is 0 Å². The van der Waals surface area contributed by atoms with Crippen LogP contribution in [-0.2, 0) is 6.42 Å². The molecule has 86 valence electrons. The van der Waals surface area contributed by atoms with Crippen LogP contribution in [0.4, 0.5) is 0 Å². The summed E-state index contributed by atoms with van der Waals surface area (Å²) < 4.78 is 5.04. The van der Waals surface area contributed by atoms with Crippen LogP contribution in [0, 0.1) is 11.8 Å². The summed E-state index contributed by atoms with van der Waals surface area (Å²) in [5.74, 6) is 5.85. The van der Waals surface area contributed by atoms with Crippen molar-refractivity contribution in [3.05, 3.63) is 29.8 Å². The van der Waals surface area contributed by atoms with Crippen LogP contribution in [0.3, 0.4) is 0 Å². The molecule has 0 saturated carbocycles. The smallest absolute Gasteiger partial charge is 0.126 e. The largest absolute Gasteiger partial charge is 0.497 e. The monoisotopic (exact) mass is 220 g/mol. The molecular formula is C13H16O3. The quantitative estimate of drug-likeness (QED) is 0.747. The van der Waals surface area contributed by atoms with Gasteiger partial charge in [0.15, 0.2) is 0 Å². The van der Waals surface area contributed by atoms with E-state index in [1.54, 1.807) is 14.0 Å². The third-order valence-corrected chi connectivity index (χ3v) is 2.14. The molecule has 0 radical (unpaired) electrons. The molecule has 0 aliphatic carbocycles. The van der Waals surface area contributed by atoms with E-state index in [0.29, 0.717) is 6.42 Å². The topological polar surface area (TPSA) is 49.7 Å². The molecule has 1 rings (SSSR count). The van der Waals surface area contributed by atoms with Crippen LogP contribution in [0.1, 0.15) is 12.5 Å². The first-order valence-corrected chi connectivity index (χ1v) is 5.03. The van der Waals surface area contributed by atoms with Crippen molar-refractivity contribution in [1.29, 1.82) is 0 Å². The second kappa shape index (κ2) is 5.55. The van der Waals surface area contributed by atoms with Gasteiger partial charge in [-0.25, -0.2) is 0 Å². The van der Waals surface area contributed by atoms with Crippen molar-refractivity contribution in [2.24, 2.45) is 0 Å². The highest BCUT2D eigenvalue weighted by Crippen LogP contribution is 2.16. The van der Waals surface area contributed by atoms with Gasteiger partial charge in [0.25, 0.3) is 0 Å². The van der Waals surface area contributed by atoms with Crippen molar-refractivity contribution in [3.8, 4) is 17.6 Å². The van der Waals surface area contributed by atoms with Gasteiger partial charge < -0.3 is 14.9 Å². The lowest BCUT2D eigenvalue weighted by atomic mass is 9.97. The van der Waals surface area contributed by atoms with E-state index in [2.05, 4.69) is 11.8 Å². The fourth-order valence-corrected chi connectivity index (χ4v) is 1.42. The molecule has 0 fully saturated rings. The Hall–Kier alpha value is -1.50. The molecule has 16 heavy (non-hydrogen) atoms. The summed E-state index contributed by atoms with van der Waals surface area (Å²) >= 11 is 0. The first-order chi connectivity index (χ1) is 7.57. The van der Waals surface area contributed by atoms with E-state index in [4.69, 9.17) is 9.84 Å². The average molecular weight is 220 g/mol. The lowest BCUT2D eigenvalue weighted by Crippen LogP contribution is -2.24. The number of hydrogen-bond donors (Lipinski definition) is 2. The molecule has 0 heterocycles. The number of rotatable bonds is 3. The molecule has 3 heteroatoms. The highest BCUT2D eigenvalue weighted by atomic mass is 16.5. The Kier molecular flexibility index (Phi) is 4.36. The number of aliphatic hydroxyl groups excluding tert-OH is 1. The molecule has 0 aliphatic heterocycles. The number of hydrogen-bond acceptors (Lipinski definition) is 3. The molecule has 0 bridgehead atoms. The van der Waals surface area contributed by atoms with Crippen molar-refractivity contribution < 1.29 is 14.9 Å². The van der Waals surface area contributed by atoms with Gasteiger partial charge in [-0.05, 0) is 24.6 Å². The summed E-state index contributed by atoms with van der Waals surface area (Å²) in [5.41, 5.74) is -0.143. The van der Waals surface area contributed by atoms with E-state index in [9.17, 15) is 5.11 Å². The zero-order valence-corrected chi connectivity index (χ0v) is 9.53. The molecule has 2 N–H and O–H groups in total. The predicted octanol–water partition coefficient (Wildman–Crippen LogP) is 0.984. The minimum atomic E-state index is -1.11. The molecule has 1 unspecified atom stereocenters. The number of ether oxygens (including phenoxy) is 1. The van der Waals surface area contributed by atoms with Crippen LogP contribution >= 0.6 is 0 Å². The van der Waals surface area contributed by atoms with Crippen molar-refractivity contribution in [1.82, 2.24) is 0 Å².